The predicted octanol–water partition coefficient (Wildman–Crippen LogP) is 2.63. The van der Waals surface area contributed by atoms with Gasteiger partial charge in [0.15, 0.2) is 0 Å². The number of ether oxygens (including phenoxy) is 1. The van der Waals surface area contributed by atoms with Crippen molar-refractivity contribution < 1.29 is 14.3 Å². The molecule has 6 nitrogen and oxygen atoms in total. The van der Waals surface area contributed by atoms with E-state index in [9.17, 15) is 9.59 Å². The molecule has 6 heteroatoms. The van der Waals surface area contributed by atoms with E-state index in [1.807, 2.05) is 55.5 Å². The fourth-order valence-electron chi connectivity index (χ4n) is 2.41. The second-order valence-corrected chi connectivity index (χ2v) is 6.32. The van der Waals surface area contributed by atoms with Gasteiger partial charge < -0.3 is 20.7 Å². The molecule has 0 aromatic heterocycles. The first-order chi connectivity index (χ1) is 13.1. The second-order valence-electron chi connectivity index (χ2n) is 6.32. The monoisotopic (exact) mass is 369 g/mol. The maximum Gasteiger partial charge on any atom is 0.234 e. The highest BCUT2D eigenvalue weighted by atomic mass is 16.5. The first-order valence-electron chi connectivity index (χ1n) is 9.06. The minimum atomic E-state index is -0.0530. The van der Waals surface area contributed by atoms with Crippen LogP contribution in [0.4, 0.5) is 5.69 Å². The van der Waals surface area contributed by atoms with Gasteiger partial charge >= 0.3 is 0 Å². The molecular weight excluding hydrogens is 342 g/mol. The number of aryl methyl sites for hydroxylation is 1. The van der Waals surface area contributed by atoms with Crippen LogP contribution in [0.15, 0.2) is 48.5 Å². The van der Waals surface area contributed by atoms with E-state index in [0.717, 1.165) is 17.0 Å². The number of hydrogen-bond acceptors (Lipinski definition) is 4. The van der Waals surface area contributed by atoms with Crippen LogP contribution in [0.2, 0.25) is 0 Å². The molecule has 144 valence electrons. The summed E-state index contributed by atoms with van der Waals surface area (Å²) in [6.07, 6.45) is 1.04. The first-order valence-corrected chi connectivity index (χ1v) is 9.06. The molecule has 0 spiro atoms. The summed E-state index contributed by atoms with van der Waals surface area (Å²) < 4.78 is 5.62. The van der Waals surface area contributed by atoms with Crippen molar-refractivity contribution in [3.63, 3.8) is 0 Å². The Balaban J connectivity index is 1.66. The summed E-state index contributed by atoms with van der Waals surface area (Å²) in [6.45, 7) is 3.29. The minimum absolute atomic E-state index is 0.0439. The van der Waals surface area contributed by atoms with Gasteiger partial charge in [0, 0.05) is 18.7 Å². The number of amides is 2. The zero-order valence-corrected chi connectivity index (χ0v) is 15.9. The van der Waals surface area contributed by atoms with Crippen LogP contribution >= 0.6 is 0 Å². The van der Waals surface area contributed by atoms with Gasteiger partial charge in [0.2, 0.25) is 11.8 Å². The lowest BCUT2D eigenvalue weighted by molar-refractivity contribution is -0.120. The minimum Gasteiger partial charge on any atom is -0.494 e. The molecule has 3 N–H and O–H groups in total. The molecule has 2 aromatic rings. The molecule has 0 saturated carbocycles. The zero-order chi connectivity index (χ0) is 19.5. The smallest absolute Gasteiger partial charge is 0.234 e. The zero-order valence-electron chi connectivity index (χ0n) is 15.9. The van der Waals surface area contributed by atoms with Gasteiger partial charge in [-0.2, -0.15) is 0 Å². The van der Waals surface area contributed by atoms with E-state index < -0.39 is 0 Å². The summed E-state index contributed by atoms with van der Waals surface area (Å²) in [7, 11) is 1.73. The third kappa shape index (κ3) is 7.92. The highest BCUT2D eigenvalue weighted by Gasteiger charge is 2.04. The van der Waals surface area contributed by atoms with Crippen molar-refractivity contribution in [2.24, 2.45) is 0 Å². The quantitative estimate of drug-likeness (QED) is 0.563. The third-order valence-corrected chi connectivity index (χ3v) is 3.90. The lowest BCUT2D eigenvalue weighted by Crippen LogP contribution is -2.31. The Bertz CT molecular complexity index is 727. The largest absolute Gasteiger partial charge is 0.494 e. The van der Waals surface area contributed by atoms with E-state index >= 15 is 0 Å². The fourth-order valence-corrected chi connectivity index (χ4v) is 2.41. The Hall–Kier alpha value is -2.86. The highest BCUT2D eigenvalue weighted by molar-refractivity contribution is 5.90. The van der Waals surface area contributed by atoms with Crippen LogP contribution < -0.4 is 20.7 Å². The van der Waals surface area contributed by atoms with E-state index in [-0.39, 0.29) is 11.8 Å². The van der Waals surface area contributed by atoms with Crippen LogP contribution in [-0.4, -0.2) is 32.0 Å². The molecule has 0 aliphatic rings. The lowest BCUT2D eigenvalue weighted by Gasteiger charge is -2.09. The normalized spacial score (nSPS) is 10.3. The number of anilines is 1. The van der Waals surface area contributed by atoms with Crippen LogP contribution in [-0.2, 0) is 16.1 Å². The van der Waals surface area contributed by atoms with Crippen LogP contribution in [0.5, 0.6) is 5.75 Å². The van der Waals surface area contributed by atoms with E-state index in [2.05, 4.69) is 16.0 Å². The Morgan fingerprint density at radius 2 is 1.67 bits per heavy atom. The van der Waals surface area contributed by atoms with Gasteiger partial charge in [-0.3, -0.25) is 9.59 Å². The number of benzene rings is 2. The summed E-state index contributed by atoms with van der Waals surface area (Å²) in [5, 5.41) is 8.48. The molecule has 27 heavy (non-hydrogen) atoms. The van der Waals surface area contributed by atoms with Crippen molar-refractivity contribution in [2.75, 3.05) is 25.5 Å². The molecule has 0 bridgehead atoms. The van der Waals surface area contributed by atoms with Gasteiger partial charge in [-0.1, -0.05) is 29.8 Å². The number of rotatable bonds is 10. The fraction of sp³-hybridized carbons (Fsp3) is 0.333. The molecular formula is C21H27N3O3. The number of carbonyl (C=O) groups is 2. The van der Waals surface area contributed by atoms with Crippen LogP contribution in [0.1, 0.15) is 24.0 Å². The number of carbonyl (C=O) groups excluding carboxylic acids is 2. The summed E-state index contributed by atoms with van der Waals surface area (Å²) in [5.74, 6) is 0.721. The molecule has 0 unspecified atom stereocenters. The molecule has 0 heterocycles. The van der Waals surface area contributed by atoms with Crippen molar-refractivity contribution >= 4 is 17.5 Å². The van der Waals surface area contributed by atoms with E-state index in [0.29, 0.717) is 32.5 Å². The number of hydrogen-bond donors (Lipinski definition) is 3. The highest BCUT2D eigenvalue weighted by Crippen LogP contribution is 2.13. The predicted molar refractivity (Wildman–Crippen MR) is 107 cm³/mol. The molecule has 0 radical (unpaired) electrons. The average molecular weight is 369 g/mol. The van der Waals surface area contributed by atoms with Crippen molar-refractivity contribution in [2.45, 2.75) is 26.3 Å². The Morgan fingerprint density at radius 1 is 0.963 bits per heavy atom. The van der Waals surface area contributed by atoms with Gasteiger partial charge in [-0.25, -0.2) is 0 Å². The molecule has 0 aliphatic carbocycles. The summed E-state index contributed by atoms with van der Waals surface area (Å²) in [5.41, 5.74) is 2.90. The lowest BCUT2D eigenvalue weighted by atomic mass is 10.2. The van der Waals surface area contributed by atoms with E-state index in [1.54, 1.807) is 7.05 Å². The van der Waals surface area contributed by atoms with E-state index in [1.165, 1.54) is 5.56 Å². The van der Waals surface area contributed by atoms with Crippen LogP contribution in [0.3, 0.4) is 0 Å². The van der Waals surface area contributed by atoms with Crippen LogP contribution in [0, 0.1) is 6.92 Å². The van der Waals surface area contributed by atoms with Crippen molar-refractivity contribution in [3.05, 3.63) is 59.7 Å². The molecule has 0 fully saturated rings. The Kier molecular flexibility index (Phi) is 8.32. The maximum atomic E-state index is 12.0. The SMILES string of the molecule is CNCC(=O)NCc1ccc(NC(=O)CCCOc2ccc(C)cc2)cc1. The molecule has 2 rings (SSSR count). The summed E-state index contributed by atoms with van der Waals surface area (Å²) in [4.78, 5) is 23.4. The van der Waals surface area contributed by atoms with E-state index in [4.69, 9.17) is 4.74 Å². The van der Waals surface area contributed by atoms with Gasteiger partial charge in [0.25, 0.3) is 0 Å². The van der Waals surface area contributed by atoms with Gasteiger partial charge in [-0.15, -0.1) is 0 Å². The van der Waals surface area contributed by atoms with Gasteiger partial charge in [-0.05, 0) is 50.2 Å². The summed E-state index contributed by atoms with van der Waals surface area (Å²) in [6, 6.07) is 15.3. The van der Waals surface area contributed by atoms with Crippen molar-refractivity contribution in [1.82, 2.24) is 10.6 Å². The Labute approximate surface area is 160 Å². The Morgan fingerprint density at radius 3 is 2.33 bits per heavy atom. The summed E-state index contributed by atoms with van der Waals surface area (Å²) >= 11 is 0. The molecule has 2 amide bonds. The molecule has 2 aromatic carbocycles. The van der Waals surface area contributed by atoms with Gasteiger partial charge in [0.05, 0.1) is 13.2 Å². The number of nitrogens with one attached hydrogen (secondary N) is 3. The van der Waals surface area contributed by atoms with Crippen molar-refractivity contribution in [1.29, 1.82) is 0 Å². The first kappa shape index (κ1) is 20.5. The molecule has 0 aliphatic heterocycles. The standard InChI is InChI=1S/C21H27N3O3/c1-16-5-11-19(12-6-16)27-13-3-4-20(25)24-18-9-7-17(8-10-18)14-23-21(26)15-22-2/h5-12,22H,3-4,13-15H2,1-2H3,(H,23,26)(H,24,25). The van der Waals surface area contributed by atoms with Crippen LogP contribution in [0.25, 0.3) is 0 Å². The maximum absolute atomic E-state index is 12.0. The third-order valence-electron chi connectivity index (χ3n) is 3.90. The molecule has 0 atom stereocenters. The topological polar surface area (TPSA) is 79.5 Å². The average Bonchev–Trinajstić information content (AvgIpc) is 2.66. The van der Waals surface area contributed by atoms with Crippen molar-refractivity contribution in [3.8, 4) is 5.75 Å². The van der Waals surface area contributed by atoms with Gasteiger partial charge in [0.1, 0.15) is 5.75 Å². The second kappa shape index (κ2) is 11.0. The molecule has 0 saturated heterocycles. The number of likely N-dealkylation sites (N-methyl/N-ethyl adjacent to an activating group) is 1.